The van der Waals surface area contributed by atoms with Gasteiger partial charge in [-0.2, -0.15) is 0 Å². The fraction of sp³-hybridized carbons (Fsp3) is 0.606. The van der Waals surface area contributed by atoms with E-state index >= 15 is 0 Å². The van der Waals surface area contributed by atoms with Crippen molar-refractivity contribution in [2.24, 2.45) is 11.3 Å². The number of allylic oxidation sites excluding steroid dienone is 1. The minimum atomic E-state index is -3.87. The van der Waals surface area contributed by atoms with Crippen molar-refractivity contribution in [3.8, 4) is 5.75 Å². The van der Waals surface area contributed by atoms with Crippen molar-refractivity contribution in [2.45, 2.75) is 101 Å². The maximum absolute atomic E-state index is 14.3. The monoisotopic (exact) mass is 671 g/mol. The molecule has 1 aromatic rings. The normalized spacial score (nSPS) is 29.5. The van der Waals surface area contributed by atoms with Crippen molar-refractivity contribution >= 4 is 39.9 Å². The molecular weight excluding hydrogens is 626 g/mol. The van der Waals surface area contributed by atoms with E-state index in [1.165, 1.54) is 11.0 Å². The lowest BCUT2D eigenvalue weighted by molar-refractivity contribution is -0.142. The molecule has 0 unspecified atom stereocenters. The number of carbonyl (C=O) groups excluding carboxylic acids is 4. The Balaban J connectivity index is 1.44. The van der Waals surface area contributed by atoms with Crippen LogP contribution in [0, 0.1) is 11.3 Å². The molecule has 13 nitrogen and oxygen atoms in total. The van der Waals surface area contributed by atoms with Crippen LogP contribution in [0.5, 0.6) is 5.75 Å². The molecule has 3 N–H and O–H groups in total. The van der Waals surface area contributed by atoms with Gasteiger partial charge in [0, 0.05) is 30.3 Å². The molecule has 4 amide bonds. The van der Waals surface area contributed by atoms with Crippen LogP contribution >= 0.6 is 0 Å². The Morgan fingerprint density at radius 2 is 1.96 bits per heavy atom. The number of hydrogen-bond acceptors (Lipinski definition) is 9. The molecule has 2 bridgehead atoms. The summed E-state index contributed by atoms with van der Waals surface area (Å²) in [6.45, 7) is 9.37. The summed E-state index contributed by atoms with van der Waals surface area (Å²) in [6, 6.07) is -0.412. The summed E-state index contributed by atoms with van der Waals surface area (Å²) < 4.78 is 39.1. The topological polar surface area (TPSA) is 173 Å². The van der Waals surface area contributed by atoms with Gasteiger partial charge in [0.2, 0.25) is 21.8 Å². The molecule has 4 aliphatic rings. The summed E-state index contributed by atoms with van der Waals surface area (Å²) in [5.41, 5.74) is -1.53. The van der Waals surface area contributed by atoms with Gasteiger partial charge in [0.1, 0.15) is 29.5 Å². The SMILES string of the molecule is C=C[C@H]1C[C@]1(NC(=O)[C@@H]1C[C@@H]2CN1C(=O)[C@H](C(C)(C)C)NC(=O)OCCCCC/C=C/c1cnccc1O2)C(=O)NS(=O)(=O)C1CC1. The van der Waals surface area contributed by atoms with E-state index in [4.69, 9.17) is 9.47 Å². The van der Waals surface area contributed by atoms with E-state index in [-0.39, 0.29) is 26.0 Å². The number of hydrogen-bond donors (Lipinski definition) is 3. The molecule has 14 heteroatoms. The second-order valence-electron chi connectivity index (χ2n) is 13.9. The van der Waals surface area contributed by atoms with Crippen LogP contribution in [0.15, 0.2) is 37.2 Å². The zero-order valence-electron chi connectivity index (χ0n) is 27.2. The molecule has 2 aliphatic heterocycles. The van der Waals surface area contributed by atoms with Crippen molar-refractivity contribution in [3.63, 3.8) is 0 Å². The Labute approximate surface area is 276 Å². The van der Waals surface area contributed by atoms with Crippen molar-refractivity contribution in [1.29, 1.82) is 0 Å². The fourth-order valence-electron chi connectivity index (χ4n) is 6.09. The quantitative estimate of drug-likeness (QED) is 0.385. The predicted molar refractivity (Wildman–Crippen MR) is 173 cm³/mol. The Bertz CT molecular complexity index is 1540. The molecule has 256 valence electrons. The molecule has 2 aliphatic carbocycles. The van der Waals surface area contributed by atoms with Gasteiger partial charge in [-0.3, -0.25) is 24.1 Å². The molecule has 3 heterocycles. The maximum Gasteiger partial charge on any atom is 0.407 e. The van der Waals surface area contributed by atoms with Crippen molar-refractivity contribution < 1.29 is 37.1 Å². The van der Waals surface area contributed by atoms with Crippen LogP contribution in [0.25, 0.3) is 6.08 Å². The smallest absolute Gasteiger partial charge is 0.407 e. The van der Waals surface area contributed by atoms with E-state index in [9.17, 15) is 27.6 Å². The highest BCUT2D eigenvalue weighted by Gasteiger charge is 2.62. The minimum Gasteiger partial charge on any atom is -0.488 e. The summed E-state index contributed by atoms with van der Waals surface area (Å²) in [4.78, 5) is 60.1. The zero-order valence-corrected chi connectivity index (χ0v) is 28.0. The molecule has 2 saturated carbocycles. The molecule has 3 fully saturated rings. The van der Waals surface area contributed by atoms with Gasteiger partial charge in [0.25, 0.3) is 5.91 Å². The summed E-state index contributed by atoms with van der Waals surface area (Å²) in [5, 5.41) is 4.88. The summed E-state index contributed by atoms with van der Waals surface area (Å²) in [6.07, 6.45) is 11.8. The first-order valence-electron chi connectivity index (χ1n) is 16.3. The number of nitrogens with one attached hydrogen (secondary N) is 3. The first-order valence-corrected chi connectivity index (χ1v) is 17.8. The van der Waals surface area contributed by atoms with Crippen LogP contribution in [-0.2, 0) is 29.1 Å². The zero-order chi connectivity index (χ0) is 34.0. The molecule has 5 rings (SSSR count). The third-order valence-electron chi connectivity index (χ3n) is 9.12. The second-order valence-corrected chi connectivity index (χ2v) is 15.9. The number of aromatic nitrogens is 1. The Morgan fingerprint density at radius 1 is 1.19 bits per heavy atom. The number of cyclic esters (lactones) is 1. The third kappa shape index (κ3) is 7.96. The number of alkyl carbamates (subject to hydrolysis) is 1. The lowest BCUT2D eigenvalue weighted by Gasteiger charge is -2.35. The van der Waals surface area contributed by atoms with E-state index in [0.29, 0.717) is 25.0 Å². The Hall–Kier alpha value is -3.94. The van der Waals surface area contributed by atoms with Crippen LogP contribution in [0.1, 0.15) is 77.7 Å². The van der Waals surface area contributed by atoms with E-state index in [2.05, 4.69) is 26.9 Å². The highest BCUT2D eigenvalue weighted by Crippen LogP contribution is 2.45. The predicted octanol–water partition coefficient (Wildman–Crippen LogP) is 2.83. The maximum atomic E-state index is 14.3. The third-order valence-corrected chi connectivity index (χ3v) is 10.9. The number of rotatable bonds is 6. The Morgan fingerprint density at radius 3 is 2.64 bits per heavy atom. The number of pyridine rings is 1. The standard InChI is InChI=1S/C33H45N5O8S/c1-5-22-18-33(22,30(41)37-47(43,44)24-12-13-24)36-28(39)25-17-23-20-38(25)29(40)27(32(2,3)4)35-31(42)45-16-10-8-6-7-9-11-21-19-34-15-14-26(21)46-23/h5,9,11,14-15,19,22-25,27H,1,6-8,10,12-13,16-18,20H2,2-4H3,(H,35,42)(H,36,39)(H,37,41)/b11-9+/t22-,23+,25-,27+,33+/m0/s1. The lowest BCUT2D eigenvalue weighted by atomic mass is 9.85. The molecule has 5 atom stereocenters. The highest BCUT2D eigenvalue weighted by molar-refractivity contribution is 7.91. The average molecular weight is 672 g/mol. The first kappa shape index (κ1) is 34.4. The van der Waals surface area contributed by atoms with Crippen molar-refractivity contribution in [1.82, 2.24) is 25.2 Å². The molecule has 1 saturated heterocycles. The van der Waals surface area contributed by atoms with E-state index in [0.717, 1.165) is 24.8 Å². The van der Waals surface area contributed by atoms with Crippen LogP contribution in [0.2, 0.25) is 0 Å². The Kier molecular flexibility index (Phi) is 9.99. The number of amides is 4. The summed E-state index contributed by atoms with van der Waals surface area (Å²) in [5.74, 6) is -1.92. The second kappa shape index (κ2) is 13.7. The van der Waals surface area contributed by atoms with Gasteiger partial charge in [-0.1, -0.05) is 39.0 Å². The van der Waals surface area contributed by atoms with Crippen LogP contribution in [-0.4, -0.2) is 84.2 Å². The van der Waals surface area contributed by atoms with Crippen molar-refractivity contribution in [3.05, 3.63) is 42.8 Å². The van der Waals surface area contributed by atoms with Gasteiger partial charge in [-0.15, -0.1) is 6.58 Å². The van der Waals surface area contributed by atoms with E-state index in [1.807, 2.05) is 12.2 Å². The molecule has 0 radical (unpaired) electrons. The molecule has 0 spiro atoms. The molecule has 47 heavy (non-hydrogen) atoms. The van der Waals surface area contributed by atoms with Gasteiger partial charge in [-0.25, -0.2) is 13.2 Å². The lowest BCUT2D eigenvalue weighted by Crippen LogP contribution is -2.60. The highest BCUT2D eigenvalue weighted by atomic mass is 32.2. The number of carbonyl (C=O) groups is 4. The van der Waals surface area contributed by atoms with Gasteiger partial charge in [-0.05, 0) is 56.4 Å². The van der Waals surface area contributed by atoms with Gasteiger partial charge < -0.3 is 25.0 Å². The van der Waals surface area contributed by atoms with Gasteiger partial charge in [0.15, 0.2) is 0 Å². The number of nitrogens with zero attached hydrogens (tertiary/aromatic N) is 2. The fourth-order valence-corrected chi connectivity index (χ4v) is 7.45. The van der Waals surface area contributed by atoms with Gasteiger partial charge >= 0.3 is 6.09 Å². The van der Waals surface area contributed by atoms with Crippen molar-refractivity contribution in [2.75, 3.05) is 13.2 Å². The van der Waals surface area contributed by atoms with Crippen LogP contribution in [0.3, 0.4) is 0 Å². The number of sulfonamides is 1. The summed E-state index contributed by atoms with van der Waals surface area (Å²) in [7, 11) is -3.87. The average Bonchev–Trinajstić information content (AvgIpc) is 3.93. The van der Waals surface area contributed by atoms with Gasteiger partial charge in [0.05, 0.1) is 18.4 Å². The number of fused-ring (bicyclic) bond motifs is 3. The van der Waals surface area contributed by atoms with E-state index in [1.54, 1.807) is 39.2 Å². The summed E-state index contributed by atoms with van der Waals surface area (Å²) >= 11 is 0. The van der Waals surface area contributed by atoms with Crippen LogP contribution < -0.4 is 20.1 Å². The van der Waals surface area contributed by atoms with Crippen LogP contribution in [0.4, 0.5) is 4.79 Å². The first-order chi connectivity index (χ1) is 22.2. The number of ether oxygens (including phenoxy) is 2. The minimum absolute atomic E-state index is 0.0197. The molecule has 0 aromatic carbocycles. The largest absolute Gasteiger partial charge is 0.488 e. The molecule has 1 aromatic heterocycles. The molecular formula is C33H45N5O8S. The van der Waals surface area contributed by atoms with E-state index < -0.39 is 74.1 Å².